The molecular formula is C13H11ClN2O3. The molecule has 6 heteroatoms. The first-order valence-corrected chi connectivity index (χ1v) is 6.15. The minimum Gasteiger partial charge on any atom is -0.468 e. The Labute approximate surface area is 114 Å². The summed E-state index contributed by atoms with van der Waals surface area (Å²) in [5.41, 5.74) is 2.36. The number of methoxy groups -OCH3 is 1. The number of aromatic nitrogens is 1. The van der Waals surface area contributed by atoms with E-state index >= 15 is 0 Å². The van der Waals surface area contributed by atoms with Gasteiger partial charge in [0.15, 0.2) is 0 Å². The molecule has 19 heavy (non-hydrogen) atoms. The van der Waals surface area contributed by atoms with E-state index in [9.17, 15) is 9.59 Å². The third kappa shape index (κ3) is 1.86. The fourth-order valence-corrected chi connectivity index (χ4v) is 2.60. The lowest BCUT2D eigenvalue weighted by atomic mass is 10.0. The Balaban J connectivity index is 2.21. The zero-order chi connectivity index (χ0) is 13.6. The Morgan fingerprint density at radius 3 is 3.05 bits per heavy atom. The summed E-state index contributed by atoms with van der Waals surface area (Å²) in [7, 11) is 1.35. The van der Waals surface area contributed by atoms with Gasteiger partial charge in [-0.1, -0.05) is 11.6 Å². The summed E-state index contributed by atoms with van der Waals surface area (Å²) >= 11 is 6.10. The van der Waals surface area contributed by atoms with Gasteiger partial charge < -0.3 is 14.6 Å². The predicted molar refractivity (Wildman–Crippen MR) is 71.3 cm³/mol. The van der Waals surface area contributed by atoms with Crippen molar-refractivity contribution < 1.29 is 14.3 Å². The monoisotopic (exact) mass is 278 g/mol. The van der Waals surface area contributed by atoms with Crippen molar-refractivity contribution in [2.45, 2.75) is 13.0 Å². The van der Waals surface area contributed by atoms with Crippen LogP contribution < -0.4 is 5.32 Å². The number of carbonyl (C=O) groups excluding carboxylic acids is 2. The summed E-state index contributed by atoms with van der Waals surface area (Å²) in [6.07, 6.45) is 2.10. The molecule has 1 amide bonds. The van der Waals surface area contributed by atoms with Gasteiger partial charge in [-0.3, -0.25) is 9.59 Å². The van der Waals surface area contributed by atoms with Crippen LogP contribution in [0.5, 0.6) is 0 Å². The molecular weight excluding hydrogens is 268 g/mol. The van der Waals surface area contributed by atoms with Crippen LogP contribution in [0.2, 0.25) is 5.02 Å². The molecule has 0 atom stereocenters. The van der Waals surface area contributed by atoms with Crippen molar-refractivity contribution in [1.82, 2.24) is 4.57 Å². The number of carbonyl (C=O) groups is 2. The molecule has 3 rings (SSSR count). The molecule has 1 aliphatic heterocycles. The highest BCUT2D eigenvalue weighted by molar-refractivity contribution is 6.36. The van der Waals surface area contributed by atoms with Crippen LogP contribution in [0.3, 0.4) is 0 Å². The van der Waals surface area contributed by atoms with Crippen LogP contribution in [0.1, 0.15) is 5.56 Å². The summed E-state index contributed by atoms with van der Waals surface area (Å²) < 4.78 is 6.44. The molecule has 98 valence electrons. The van der Waals surface area contributed by atoms with Crippen molar-refractivity contribution in [3.05, 3.63) is 28.9 Å². The van der Waals surface area contributed by atoms with Crippen LogP contribution in [-0.4, -0.2) is 23.6 Å². The molecule has 0 radical (unpaired) electrons. The minimum absolute atomic E-state index is 0.0993. The van der Waals surface area contributed by atoms with Crippen LogP contribution in [0.25, 0.3) is 10.9 Å². The summed E-state index contributed by atoms with van der Waals surface area (Å²) in [6.45, 7) is 0.113. The van der Waals surface area contributed by atoms with E-state index in [1.54, 1.807) is 16.8 Å². The number of amides is 1. The number of rotatable bonds is 2. The highest BCUT2D eigenvalue weighted by Gasteiger charge is 2.23. The second-order valence-corrected chi connectivity index (χ2v) is 4.81. The molecule has 0 bridgehead atoms. The largest absolute Gasteiger partial charge is 0.468 e. The summed E-state index contributed by atoms with van der Waals surface area (Å²) in [4.78, 5) is 23.0. The number of esters is 1. The molecule has 0 spiro atoms. The molecule has 1 aliphatic rings. The second-order valence-electron chi connectivity index (χ2n) is 4.40. The lowest BCUT2D eigenvalue weighted by Crippen LogP contribution is -2.18. The smallest absolute Gasteiger partial charge is 0.325 e. The molecule has 0 aliphatic carbocycles. The summed E-state index contributed by atoms with van der Waals surface area (Å²) in [6, 6.07) is 3.55. The standard InChI is InChI=1S/C13H11ClN2O3/c1-19-11(18)6-16-5-7-4-10(17)15-13-8(14)2-3-9(16)12(7)13/h2-3,5H,4,6H2,1H3,(H,15,17). The number of anilines is 1. The van der Waals surface area contributed by atoms with Crippen molar-refractivity contribution in [2.75, 3.05) is 12.4 Å². The Bertz CT molecular complexity index is 705. The molecule has 2 heterocycles. The van der Waals surface area contributed by atoms with Gasteiger partial charge in [0.25, 0.3) is 0 Å². The van der Waals surface area contributed by atoms with Crippen molar-refractivity contribution in [2.24, 2.45) is 0 Å². The lowest BCUT2D eigenvalue weighted by molar-refractivity contribution is -0.141. The molecule has 1 aromatic carbocycles. The Hall–Kier alpha value is -2.01. The minimum atomic E-state index is -0.335. The maximum absolute atomic E-state index is 11.6. The second kappa shape index (κ2) is 4.28. The van der Waals surface area contributed by atoms with Crippen molar-refractivity contribution >= 4 is 40.1 Å². The van der Waals surface area contributed by atoms with E-state index in [2.05, 4.69) is 10.1 Å². The molecule has 2 aromatic rings. The van der Waals surface area contributed by atoms with Gasteiger partial charge in [0.1, 0.15) is 6.54 Å². The van der Waals surface area contributed by atoms with Crippen LogP contribution in [0, 0.1) is 0 Å². The highest BCUT2D eigenvalue weighted by atomic mass is 35.5. The molecule has 0 saturated heterocycles. The van der Waals surface area contributed by atoms with Gasteiger partial charge in [0.2, 0.25) is 5.91 Å². The van der Waals surface area contributed by atoms with Crippen LogP contribution >= 0.6 is 11.6 Å². The van der Waals surface area contributed by atoms with Crippen molar-refractivity contribution in [3.63, 3.8) is 0 Å². The van der Waals surface area contributed by atoms with Crippen LogP contribution in [-0.2, 0) is 27.3 Å². The van der Waals surface area contributed by atoms with Gasteiger partial charge in [0, 0.05) is 11.6 Å². The van der Waals surface area contributed by atoms with E-state index in [0.717, 1.165) is 16.5 Å². The third-order valence-electron chi connectivity index (χ3n) is 3.22. The lowest BCUT2D eigenvalue weighted by Gasteiger charge is -2.14. The number of nitrogens with zero attached hydrogens (tertiary/aromatic N) is 1. The van der Waals surface area contributed by atoms with Gasteiger partial charge in [0.05, 0.1) is 29.8 Å². The average Bonchev–Trinajstić information content (AvgIpc) is 2.71. The summed E-state index contributed by atoms with van der Waals surface area (Å²) in [5.74, 6) is -0.434. The number of benzene rings is 1. The highest BCUT2D eigenvalue weighted by Crippen LogP contribution is 2.37. The molecule has 0 saturated carbocycles. The first kappa shape index (κ1) is 12.0. The molecule has 1 N–H and O–H groups in total. The number of hydrogen-bond acceptors (Lipinski definition) is 3. The van der Waals surface area contributed by atoms with E-state index < -0.39 is 0 Å². The van der Waals surface area contributed by atoms with Gasteiger partial charge in [-0.25, -0.2) is 0 Å². The van der Waals surface area contributed by atoms with Crippen molar-refractivity contribution in [3.8, 4) is 0 Å². The number of nitrogens with one attached hydrogen (secondary N) is 1. The first-order valence-electron chi connectivity index (χ1n) is 5.77. The number of hydrogen-bond donors (Lipinski definition) is 1. The fraction of sp³-hybridized carbons (Fsp3) is 0.231. The quantitative estimate of drug-likeness (QED) is 0.854. The number of ether oxygens (including phenoxy) is 1. The molecule has 5 nitrogen and oxygen atoms in total. The van der Waals surface area contributed by atoms with E-state index in [1.807, 2.05) is 6.07 Å². The zero-order valence-electron chi connectivity index (χ0n) is 10.2. The predicted octanol–water partition coefficient (Wildman–Crippen LogP) is 1.96. The van der Waals surface area contributed by atoms with Gasteiger partial charge in [-0.05, 0) is 17.7 Å². The SMILES string of the molecule is COC(=O)Cn1cc2c3c(c(Cl)ccc31)NC(=O)C2. The normalized spacial score (nSPS) is 13.5. The topological polar surface area (TPSA) is 60.3 Å². The Morgan fingerprint density at radius 2 is 2.32 bits per heavy atom. The van der Waals surface area contributed by atoms with E-state index in [1.165, 1.54) is 7.11 Å². The number of halogens is 1. The van der Waals surface area contributed by atoms with E-state index in [4.69, 9.17) is 11.6 Å². The van der Waals surface area contributed by atoms with E-state index in [-0.39, 0.29) is 24.8 Å². The average molecular weight is 279 g/mol. The van der Waals surface area contributed by atoms with Gasteiger partial charge in [-0.15, -0.1) is 0 Å². The van der Waals surface area contributed by atoms with Crippen molar-refractivity contribution in [1.29, 1.82) is 0 Å². The maximum atomic E-state index is 11.6. The molecule has 1 aromatic heterocycles. The Morgan fingerprint density at radius 1 is 1.53 bits per heavy atom. The van der Waals surface area contributed by atoms with Gasteiger partial charge >= 0.3 is 5.97 Å². The first-order chi connectivity index (χ1) is 9.10. The third-order valence-corrected chi connectivity index (χ3v) is 3.53. The van der Waals surface area contributed by atoms with Crippen LogP contribution in [0.4, 0.5) is 5.69 Å². The van der Waals surface area contributed by atoms with E-state index in [0.29, 0.717) is 10.7 Å². The molecule has 0 unspecified atom stereocenters. The molecule has 0 fully saturated rings. The van der Waals surface area contributed by atoms with Gasteiger partial charge in [-0.2, -0.15) is 0 Å². The Kier molecular flexibility index (Phi) is 2.71. The van der Waals surface area contributed by atoms with Crippen LogP contribution in [0.15, 0.2) is 18.3 Å². The zero-order valence-corrected chi connectivity index (χ0v) is 11.0. The maximum Gasteiger partial charge on any atom is 0.325 e. The summed E-state index contributed by atoms with van der Waals surface area (Å²) in [5, 5.41) is 4.17. The fourth-order valence-electron chi connectivity index (χ4n) is 2.40.